The second-order valence-corrected chi connectivity index (χ2v) is 3.33. The monoisotopic (exact) mass is 142 g/mol. The Morgan fingerprint density at radius 1 is 1.60 bits per heavy atom. The number of hydrogen-bond donors (Lipinski definition) is 0. The minimum Gasteiger partial charge on any atom is -0.465 e. The van der Waals surface area contributed by atoms with Crippen molar-refractivity contribution in [1.82, 2.24) is 0 Å². The molecule has 2 atom stereocenters. The van der Waals surface area contributed by atoms with E-state index in [1.807, 2.05) is 6.92 Å². The van der Waals surface area contributed by atoms with Gasteiger partial charge < -0.3 is 4.74 Å². The Bertz CT molecular complexity index is 140. The summed E-state index contributed by atoms with van der Waals surface area (Å²) in [6.07, 6.45) is 0. The molecule has 1 fully saturated rings. The molecule has 0 N–H and O–H groups in total. The SMILES string of the molecule is CC(C)C1COC(=O)C1C. The molecule has 0 radical (unpaired) electrons. The van der Waals surface area contributed by atoms with Gasteiger partial charge in [0.2, 0.25) is 0 Å². The highest BCUT2D eigenvalue weighted by atomic mass is 16.5. The molecule has 0 aromatic rings. The predicted octanol–water partition coefficient (Wildman–Crippen LogP) is 1.45. The molecule has 1 aliphatic heterocycles. The molecule has 0 aliphatic carbocycles. The lowest BCUT2D eigenvalue weighted by molar-refractivity contribution is -0.140. The van der Waals surface area contributed by atoms with Gasteiger partial charge in [-0.2, -0.15) is 0 Å². The summed E-state index contributed by atoms with van der Waals surface area (Å²) in [4.78, 5) is 10.9. The first-order chi connectivity index (χ1) is 4.63. The number of hydrogen-bond acceptors (Lipinski definition) is 2. The zero-order valence-electron chi connectivity index (χ0n) is 6.76. The standard InChI is InChI=1S/C8H14O2/c1-5(2)7-4-10-8(9)6(7)3/h5-7H,4H2,1-3H3. The summed E-state index contributed by atoms with van der Waals surface area (Å²) >= 11 is 0. The third-order valence-corrected chi connectivity index (χ3v) is 2.29. The fraction of sp³-hybridized carbons (Fsp3) is 0.875. The van der Waals surface area contributed by atoms with Crippen molar-refractivity contribution >= 4 is 5.97 Å². The van der Waals surface area contributed by atoms with Crippen LogP contribution in [0.3, 0.4) is 0 Å². The molecule has 1 rings (SSSR count). The Kier molecular flexibility index (Phi) is 1.97. The van der Waals surface area contributed by atoms with Gasteiger partial charge >= 0.3 is 5.97 Å². The second-order valence-electron chi connectivity index (χ2n) is 3.33. The van der Waals surface area contributed by atoms with E-state index >= 15 is 0 Å². The normalized spacial score (nSPS) is 33.0. The molecule has 0 bridgehead atoms. The van der Waals surface area contributed by atoms with Crippen LogP contribution in [-0.4, -0.2) is 12.6 Å². The van der Waals surface area contributed by atoms with Crippen molar-refractivity contribution in [3.63, 3.8) is 0 Å². The maximum Gasteiger partial charge on any atom is 0.309 e. The molecule has 0 spiro atoms. The molecule has 0 aromatic heterocycles. The van der Waals surface area contributed by atoms with E-state index in [1.165, 1.54) is 0 Å². The van der Waals surface area contributed by atoms with Crippen molar-refractivity contribution in [2.24, 2.45) is 17.8 Å². The summed E-state index contributed by atoms with van der Waals surface area (Å²) in [5, 5.41) is 0. The van der Waals surface area contributed by atoms with Crippen LogP contribution in [-0.2, 0) is 9.53 Å². The second kappa shape index (κ2) is 2.60. The van der Waals surface area contributed by atoms with Crippen LogP contribution >= 0.6 is 0 Å². The van der Waals surface area contributed by atoms with Crippen molar-refractivity contribution in [3.05, 3.63) is 0 Å². The zero-order valence-corrected chi connectivity index (χ0v) is 6.76. The fourth-order valence-electron chi connectivity index (χ4n) is 1.40. The van der Waals surface area contributed by atoms with Crippen LogP contribution in [0.2, 0.25) is 0 Å². The molecule has 2 unspecified atom stereocenters. The summed E-state index contributed by atoms with van der Waals surface area (Å²) in [7, 11) is 0. The topological polar surface area (TPSA) is 26.3 Å². The molecule has 1 aliphatic rings. The lowest BCUT2D eigenvalue weighted by Gasteiger charge is -2.13. The van der Waals surface area contributed by atoms with E-state index in [2.05, 4.69) is 13.8 Å². The lowest BCUT2D eigenvalue weighted by Crippen LogP contribution is -2.17. The summed E-state index contributed by atoms with van der Waals surface area (Å²) in [5.74, 6) is 1.08. The predicted molar refractivity (Wildman–Crippen MR) is 38.5 cm³/mol. The first-order valence-corrected chi connectivity index (χ1v) is 3.79. The van der Waals surface area contributed by atoms with E-state index in [1.54, 1.807) is 0 Å². The van der Waals surface area contributed by atoms with E-state index in [9.17, 15) is 4.79 Å². The Morgan fingerprint density at radius 3 is 2.40 bits per heavy atom. The van der Waals surface area contributed by atoms with Gasteiger partial charge in [-0.15, -0.1) is 0 Å². The molecule has 1 heterocycles. The van der Waals surface area contributed by atoms with E-state index in [0.29, 0.717) is 18.4 Å². The summed E-state index contributed by atoms with van der Waals surface area (Å²) < 4.78 is 4.90. The van der Waals surface area contributed by atoms with Crippen LogP contribution in [0.25, 0.3) is 0 Å². The van der Waals surface area contributed by atoms with Crippen molar-refractivity contribution in [2.45, 2.75) is 20.8 Å². The highest BCUT2D eigenvalue weighted by Gasteiger charge is 2.34. The van der Waals surface area contributed by atoms with Crippen molar-refractivity contribution in [3.8, 4) is 0 Å². The van der Waals surface area contributed by atoms with Gasteiger partial charge in [0.1, 0.15) is 0 Å². The third-order valence-electron chi connectivity index (χ3n) is 2.29. The van der Waals surface area contributed by atoms with Gasteiger partial charge in [0, 0.05) is 5.92 Å². The number of carbonyl (C=O) groups is 1. The van der Waals surface area contributed by atoms with Gasteiger partial charge in [-0.25, -0.2) is 0 Å². The van der Waals surface area contributed by atoms with Crippen LogP contribution in [0, 0.1) is 17.8 Å². The summed E-state index contributed by atoms with van der Waals surface area (Å²) in [6, 6.07) is 0. The molecule has 0 amide bonds. The summed E-state index contributed by atoms with van der Waals surface area (Å²) in [6.45, 7) is 6.82. The minimum atomic E-state index is -0.0290. The van der Waals surface area contributed by atoms with Crippen molar-refractivity contribution < 1.29 is 9.53 Å². The van der Waals surface area contributed by atoms with E-state index in [4.69, 9.17) is 4.74 Å². The quantitative estimate of drug-likeness (QED) is 0.518. The van der Waals surface area contributed by atoms with Gasteiger partial charge in [0.15, 0.2) is 0 Å². The largest absolute Gasteiger partial charge is 0.465 e. The number of rotatable bonds is 1. The van der Waals surface area contributed by atoms with E-state index in [0.717, 1.165) is 0 Å². The van der Waals surface area contributed by atoms with Crippen molar-refractivity contribution in [1.29, 1.82) is 0 Å². The number of esters is 1. The molecule has 2 nitrogen and oxygen atoms in total. The van der Waals surface area contributed by atoms with E-state index in [-0.39, 0.29) is 11.9 Å². The highest BCUT2D eigenvalue weighted by Crippen LogP contribution is 2.27. The molecule has 1 saturated heterocycles. The van der Waals surface area contributed by atoms with Crippen molar-refractivity contribution in [2.75, 3.05) is 6.61 Å². The van der Waals surface area contributed by atoms with E-state index < -0.39 is 0 Å². The molecule has 0 saturated carbocycles. The van der Waals surface area contributed by atoms with Gasteiger partial charge in [0.05, 0.1) is 12.5 Å². The maximum absolute atomic E-state index is 10.9. The Labute approximate surface area is 61.6 Å². The maximum atomic E-state index is 10.9. The number of carbonyl (C=O) groups excluding carboxylic acids is 1. The molecule has 0 aromatic carbocycles. The van der Waals surface area contributed by atoms with Crippen LogP contribution in [0.1, 0.15) is 20.8 Å². The first kappa shape index (κ1) is 7.58. The number of ether oxygens (including phenoxy) is 1. The average molecular weight is 142 g/mol. The number of cyclic esters (lactones) is 1. The van der Waals surface area contributed by atoms with Gasteiger partial charge in [0.25, 0.3) is 0 Å². The van der Waals surface area contributed by atoms with Crippen LogP contribution in [0.15, 0.2) is 0 Å². The van der Waals surface area contributed by atoms with Crippen LogP contribution in [0.4, 0.5) is 0 Å². The molecular formula is C8H14O2. The Balaban J connectivity index is 2.57. The lowest BCUT2D eigenvalue weighted by atomic mass is 9.87. The van der Waals surface area contributed by atoms with Crippen LogP contribution in [0.5, 0.6) is 0 Å². The third kappa shape index (κ3) is 1.15. The molecule has 58 valence electrons. The van der Waals surface area contributed by atoms with Crippen LogP contribution < -0.4 is 0 Å². The minimum absolute atomic E-state index is 0.0290. The molecule has 10 heavy (non-hydrogen) atoms. The fourth-order valence-corrected chi connectivity index (χ4v) is 1.40. The highest BCUT2D eigenvalue weighted by molar-refractivity contribution is 5.74. The Hall–Kier alpha value is -0.530. The summed E-state index contributed by atoms with van der Waals surface area (Å²) in [5.41, 5.74) is 0. The first-order valence-electron chi connectivity index (χ1n) is 3.79. The van der Waals surface area contributed by atoms with Gasteiger partial charge in [-0.05, 0) is 5.92 Å². The Morgan fingerprint density at radius 2 is 2.20 bits per heavy atom. The smallest absolute Gasteiger partial charge is 0.309 e. The zero-order chi connectivity index (χ0) is 7.72. The average Bonchev–Trinajstić information content (AvgIpc) is 2.14. The van der Waals surface area contributed by atoms with Gasteiger partial charge in [-0.3, -0.25) is 4.79 Å². The van der Waals surface area contributed by atoms with Gasteiger partial charge in [-0.1, -0.05) is 20.8 Å². The molecular weight excluding hydrogens is 128 g/mol. The molecule has 2 heteroatoms.